The molecule has 2 aromatic heterocycles. The van der Waals surface area contributed by atoms with Crippen molar-refractivity contribution in [3.05, 3.63) is 40.3 Å². The monoisotopic (exact) mass is 276 g/mol. The second-order valence-corrected chi connectivity index (χ2v) is 6.60. The van der Waals surface area contributed by atoms with E-state index in [1.165, 1.54) is 25.7 Å². The zero-order valence-electron chi connectivity index (χ0n) is 11.2. The normalized spacial score (nSPS) is 19.7. The fourth-order valence-corrected chi connectivity index (χ4v) is 3.66. The van der Waals surface area contributed by atoms with Crippen LogP contribution in [0.1, 0.15) is 49.2 Å². The minimum atomic E-state index is -0.816. The fourth-order valence-electron chi connectivity index (χ4n) is 2.87. The van der Waals surface area contributed by atoms with Crippen molar-refractivity contribution >= 4 is 11.3 Å². The van der Waals surface area contributed by atoms with Gasteiger partial charge in [-0.05, 0) is 37.3 Å². The van der Waals surface area contributed by atoms with E-state index in [0.29, 0.717) is 12.5 Å². The van der Waals surface area contributed by atoms with Crippen LogP contribution in [0.4, 0.5) is 0 Å². The summed E-state index contributed by atoms with van der Waals surface area (Å²) in [6.07, 6.45) is 7.74. The van der Waals surface area contributed by atoms with Crippen LogP contribution in [0.15, 0.2) is 29.8 Å². The van der Waals surface area contributed by atoms with E-state index in [-0.39, 0.29) is 0 Å². The van der Waals surface area contributed by atoms with Crippen LogP contribution in [0.2, 0.25) is 0 Å². The summed E-state index contributed by atoms with van der Waals surface area (Å²) in [5.41, 5.74) is 0.161. The molecular weight excluding hydrogens is 256 g/mol. The van der Waals surface area contributed by atoms with Gasteiger partial charge in [-0.1, -0.05) is 18.9 Å². The van der Waals surface area contributed by atoms with Crippen LogP contribution in [0.25, 0.3) is 0 Å². The average molecular weight is 276 g/mol. The first-order chi connectivity index (χ1) is 9.15. The van der Waals surface area contributed by atoms with Gasteiger partial charge < -0.3 is 5.11 Å². The minimum absolute atomic E-state index is 0.570. The number of aliphatic hydroxyl groups is 1. The van der Waals surface area contributed by atoms with Crippen molar-refractivity contribution in [1.82, 2.24) is 9.78 Å². The van der Waals surface area contributed by atoms with Gasteiger partial charge in [0.25, 0.3) is 0 Å². The van der Waals surface area contributed by atoms with E-state index >= 15 is 0 Å². The van der Waals surface area contributed by atoms with E-state index in [2.05, 4.69) is 16.0 Å². The zero-order valence-corrected chi connectivity index (χ0v) is 12.1. The molecule has 2 heterocycles. The third-order valence-corrected chi connectivity index (χ3v) is 5.06. The quantitative estimate of drug-likeness (QED) is 0.928. The molecule has 102 valence electrons. The second-order valence-electron chi connectivity index (χ2n) is 5.65. The van der Waals surface area contributed by atoms with Crippen LogP contribution in [0.5, 0.6) is 0 Å². The molecule has 4 heteroatoms. The number of hydrogen-bond donors (Lipinski definition) is 1. The predicted octanol–water partition coefficient (Wildman–Crippen LogP) is 3.51. The summed E-state index contributed by atoms with van der Waals surface area (Å²) in [6, 6.07) is 6.57. The van der Waals surface area contributed by atoms with E-state index < -0.39 is 5.60 Å². The Morgan fingerprint density at radius 3 is 2.89 bits per heavy atom. The molecule has 1 N–H and O–H groups in total. The van der Waals surface area contributed by atoms with Gasteiger partial charge >= 0.3 is 0 Å². The molecule has 0 aliphatic heterocycles. The molecule has 1 atom stereocenters. The highest BCUT2D eigenvalue weighted by Gasteiger charge is 2.26. The molecule has 1 saturated carbocycles. The summed E-state index contributed by atoms with van der Waals surface area (Å²) in [5.74, 6) is 0. The minimum Gasteiger partial charge on any atom is -0.384 e. The molecule has 3 rings (SSSR count). The third kappa shape index (κ3) is 2.74. The molecule has 19 heavy (non-hydrogen) atoms. The smallest absolute Gasteiger partial charge is 0.102 e. The Morgan fingerprint density at radius 2 is 2.21 bits per heavy atom. The molecule has 0 aromatic carbocycles. The predicted molar refractivity (Wildman–Crippen MR) is 77.3 cm³/mol. The average Bonchev–Trinajstić information content (AvgIpc) is 3.11. The first kappa shape index (κ1) is 12.9. The molecule has 0 radical (unpaired) electrons. The van der Waals surface area contributed by atoms with Crippen LogP contribution in [-0.2, 0) is 12.0 Å². The number of nitrogens with zero attached hydrogens (tertiary/aromatic N) is 2. The Kier molecular flexibility index (Phi) is 3.46. The summed E-state index contributed by atoms with van der Waals surface area (Å²) in [7, 11) is 0. The maximum atomic E-state index is 10.6. The first-order valence-electron chi connectivity index (χ1n) is 6.95. The van der Waals surface area contributed by atoms with Gasteiger partial charge in [-0.15, -0.1) is 11.3 Å². The number of hydrogen-bond acceptors (Lipinski definition) is 3. The summed E-state index contributed by atoms with van der Waals surface area (Å²) >= 11 is 1.60. The Hall–Kier alpha value is -1.13. The SMILES string of the molecule is CC(O)(Cc1ccn(C2CCCC2)n1)c1cccs1. The van der Waals surface area contributed by atoms with Crippen molar-refractivity contribution in [2.45, 2.75) is 50.7 Å². The first-order valence-corrected chi connectivity index (χ1v) is 7.83. The van der Waals surface area contributed by atoms with Gasteiger partial charge in [-0.2, -0.15) is 5.10 Å². The van der Waals surface area contributed by atoms with E-state index in [0.717, 1.165) is 10.6 Å². The number of rotatable bonds is 4. The van der Waals surface area contributed by atoms with Gasteiger partial charge in [-0.25, -0.2) is 0 Å². The Morgan fingerprint density at radius 1 is 1.42 bits per heavy atom. The van der Waals surface area contributed by atoms with Crippen molar-refractivity contribution in [2.24, 2.45) is 0 Å². The maximum Gasteiger partial charge on any atom is 0.102 e. The molecule has 0 amide bonds. The lowest BCUT2D eigenvalue weighted by Crippen LogP contribution is -2.23. The molecule has 1 fully saturated rings. The molecule has 0 bridgehead atoms. The molecule has 1 aliphatic rings. The lowest BCUT2D eigenvalue weighted by molar-refractivity contribution is 0.0602. The zero-order chi connectivity index (χ0) is 13.3. The maximum absolute atomic E-state index is 10.6. The summed E-state index contributed by atoms with van der Waals surface area (Å²) < 4.78 is 2.09. The molecule has 1 unspecified atom stereocenters. The fraction of sp³-hybridized carbons (Fsp3) is 0.533. The molecule has 0 spiro atoms. The van der Waals surface area contributed by atoms with E-state index in [9.17, 15) is 5.11 Å². The molecule has 0 saturated heterocycles. The molecule has 3 nitrogen and oxygen atoms in total. The van der Waals surface area contributed by atoms with Crippen molar-refractivity contribution < 1.29 is 5.11 Å². The van der Waals surface area contributed by atoms with Crippen LogP contribution in [0, 0.1) is 0 Å². The highest BCUT2D eigenvalue weighted by Crippen LogP contribution is 2.31. The standard InChI is InChI=1S/C15H20N2OS/c1-15(18,14-7-4-10-19-14)11-12-8-9-17(16-12)13-5-2-3-6-13/h4,7-10,13,18H,2-3,5-6,11H2,1H3. The molecule has 1 aliphatic carbocycles. The van der Waals surface area contributed by atoms with Gasteiger partial charge in [0.2, 0.25) is 0 Å². The molecule has 2 aromatic rings. The van der Waals surface area contributed by atoms with Crippen molar-refractivity contribution in [2.75, 3.05) is 0 Å². The lowest BCUT2D eigenvalue weighted by Gasteiger charge is -2.20. The Labute approximate surface area is 117 Å². The second kappa shape index (κ2) is 5.10. The number of thiophene rings is 1. The third-order valence-electron chi connectivity index (χ3n) is 3.94. The van der Waals surface area contributed by atoms with Gasteiger partial charge in [0.1, 0.15) is 5.60 Å². The van der Waals surface area contributed by atoms with E-state index in [1.807, 2.05) is 30.5 Å². The lowest BCUT2D eigenvalue weighted by atomic mass is 9.98. The van der Waals surface area contributed by atoms with Crippen molar-refractivity contribution in [3.63, 3.8) is 0 Å². The van der Waals surface area contributed by atoms with Gasteiger partial charge in [0.15, 0.2) is 0 Å². The number of aromatic nitrogens is 2. The van der Waals surface area contributed by atoms with Gasteiger partial charge in [-0.3, -0.25) is 4.68 Å². The Bertz CT molecular complexity index is 524. The van der Waals surface area contributed by atoms with E-state index in [4.69, 9.17) is 0 Å². The highest BCUT2D eigenvalue weighted by atomic mass is 32.1. The van der Waals surface area contributed by atoms with Gasteiger partial charge in [0, 0.05) is 17.5 Å². The largest absolute Gasteiger partial charge is 0.384 e. The summed E-state index contributed by atoms with van der Waals surface area (Å²) in [6.45, 7) is 1.87. The summed E-state index contributed by atoms with van der Waals surface area (Å²) in [4.78, 5) is 1.00. The van der Waals surface area contributed by atoms with Gasteiger partial charge in [0.05, 0.1) is 11.7 Å². The Balaban J connectivity index is 1.73. The van der Waals surface area contributed by atoms with Crippen molar-refractivity contribution in [1.29, 1.82) is 0 Å². The summed E-state index contributed by atoms with van der Waals surface area (Å²) in [5, 5.41) is 17.2. The topological polar surface area (TPSA) is 38.0 Å². The van der Waals surface area contributed by atoms with Crippen LogP contribution in [0.3, 0.4) is 0 Å². The van der Waals surface area contributed by atoms with Crippen LogP contribution < -0.4 is 0 Å². The van der Waals surface area contributed by atoms with Crippen LogP contribution >= 0.6 is 11.3 Å². The van der Waals surface area contributed by atoms with Crippen molar-refractivity contribution in [3.8, 4) is 0 Å². The highest BCUT2D eigenvalue weighted by molar-refractivity contribution is 7.10. The van der Waals surface area contributed by atoms with Crippen LogP contribution in [-0.4, -0.2) is 14.9 Å². The van der Waals surface area contributed by atoms with E-state index in [1.54, 1.807) is 11.3 Å². The molecular formula is C15H20N2OS.